The van der Waals surface area contributed by atoms with E-state index in [9.17, 15) is 0 Å². The molecule has 0 atom stereocenters. The maximum atomic E-state index is 5.22. The van der Waals surface area contributed by atoms with Crippen LogP contribution in [0.3, 0.4) is 0 Å². The number of rotatable bonds is 7. The van der Waals surface area contributed by atoms with Gasteiger partial charge in [-0.3, -0.25) is 0 Å². The molecule has 164 valence electrons. The second-order valence-electron chi connectivity index (χ2n) is 8.29. The molecule has 0 aliphatic carbocycles. The number of nitrogens with one attached hydrogen (secondary N) is 2. The molecule has 2 N–H and O–H groups in total. The molecule has 0 aliphatic heterocycles. The van der Waals surface area contributed by atoms with Crippen molar-refractivity contribution >= 4 is 11.0 Å². The number of H-pyrrole nitrogens is 1. The number of aryl methyl sites for hydroxylation is 1. The van der Waals surface area contributed by atoms with Gasteiger partial charge in [-0.25, -0.2) is 4.98 Å². The Morgan fingerprint density at radius 3 is 2.24 bits per heavy atom. The highest BCUT2D eigenvalue weighted by Gasteiger charge is 2.08. The number of ether oxygens (including phenoxy) is 1. The van der Waals surface area contributed by atoms with Crippen LogP contribution in [-0.2, 0) is 13.1 Å². The molecule has 0 saturated heterocycles. The third kappa shape index (κ3) is 4.66. The quantitative estimate of drug-likeness (QED) is 0.308. The number of aromatic nitrogens is 2. The topological polar surface area (TPSA) is 49.9 Å². The van der Waals surface area contributed by atoms with Crippen molar-refractivity contribution in [1.29, 1.82) is 0 Å². The van der Waals surface area contributed by atoms with E-state index >= 15 is 0 Å². The molecular weight excluding hydrogens is 406 g/mol. The van der Waals surface area contributed by atoms with Gasteiger partial charge < -0.3 is 15.0 Å². The Hall–Kier alpha value is -3.89. The number of hydrogen-bond acceptors (Lipinski definition) is 3. The monoisotopic (exact) mass is 433 g/mol. The van der Waals surface area contributed by atoms with Gasteiger partial charge in [0.25, 0.3) is 0 Å². The second kappa shape index (κ2) is 9.31. The SMILES string of the molecule is COc1ccc(CNCc2cccc(-c3ccc(-c4nc5c(C)cccc5[nH]4)cc3)c2)cc1. The molecule has 4 nitrogen and oxygen atoms in total. The van der Waals surface area contributed by atoms with Crippen molar-refractivity contribution in [3.63, 3.8) is 0 Å². The number of aromatic amines is 1. The lowest BCUT2D eigenvalue weighted by atomic mass is 10.0. The predicted molar refractivity (Wildman–Crippen MR) is 135 cm³/mol. The van der Waals surface area contributed by atoms with Crippen LogP contribution in [0.25, 0.3) is 33.5 Å². The number of para-hydroxylation sites is 1. The second-order valence-corrected chi connectivity index (χ2v) is 8.29. The Morgan fingerprint density at radius 1 is 0.758 bits per heavy atom. The van der Waals surface area contributed by atoms with E-state index in [-0.39, 0.29) is 0 Å². The lowest BCUT2D eigenvalue weighted by molar-refractivity contribution is 0.414. The van der Waals surface area contributed by atoms with Gasteiger partial charge in [-0.15, -0.1) is 0 Å². The van der Waals surface area contributed by atoms with Crippen molar-refractivity contribution in [2.75, 3.05) is 7.11 Å². The number of hydrogen-bond donors (Lipinski definition) is 2. The highest BCUT2D eigenvalue weighted by Crippen LogP contribution is 2.26. The molecule has 0 amide bonds. The number of methoxy groups -OCH3 is 1. The van der Waals surface area contributed by atoms with Crippen LogP contribution in [0.2, 0.25) is 0 Å². The summed E-state index contributed by atoms with van der Waals surface area (Å²) in [5, 5.41) is 3.53. The summed E-state index contributed by atoms with van der Waals surface area (Å²) in [4.78, 5) is 8.23. The minimum Gasteiger partial charge on any atom is -0.497 e. The van der Waals surface area contributed by atoms with Crippen molar-refractivity contribution in [3.05, 3.63) is 108 Å². The molecule has 1 aromatic heterocycles. The molecule has 5 aromatic rings. The summed E-state index contributed by atoms with van der Waals surface area (Å²) in [6.07, 6.45) is 0. The van der Waals surface area contributed by atoms with E-state index in [1.807, 2.05) is 12.1 Å². The normalized spacial score (nSPS) is 11.1. The fraction of sp³-hybridized carbons (Fsp3) is 0.138. The molecule has 0 spiro atoms. The van der Waals surface area contributed by atoms with Crippen molar-refractivity contribution in [2.45, 2.75) is 20.0 Å². The van der Waals surface area contributed by atoms with E-state index in [1.54, 1.807) is 7.11 Å². The van der Waals surface area contributed by atoms with Gasteiger partial charge in [0.05, 0.1) is 18.1 Å². The van der Waals surface area contributed by atoms with Gasteiger partial charge in [0.1, 0.15) is 11.6 Å². The first-order chi connectivity index (χ1) is 16.2. The van der Waals surface area contributed by atoms with Gasteiger partial charge in [-0.2, -0.15) is 0 Å². The zero-order chi connectivity index (χ0) is 22.6. The summed E-state index contributed by atoms with van der Waals surface area (Å²) in [6, 6.07) is 31.7. The fourth-order valence-corrected chi connectivity index (χ4v) is 4.09. The summed E-state index contributed by atoms with van der Waals surface area (Å²) in [5.41, 5.74) is 9.29. The van der Waals surface area contributed by atoms with Crippen LogP contribution in [0.15, 0.2) is 91.0 Å². The molecule has 0 fully saturated rings. The van der Waals surface area contributed by atoms with Crippen molar-refractivity contribution < 1.29 is 4.74 Å². The Balaban J connectivity index is 1.27. The van der Waals surface area contributed by atoms with Crippen LogP contribution in [0, 0.1) is 6.92 Å². The van der Waals surface area contributed by atoms with Crippen LogP contribution in [-0.4, -0.2) is 17.1 Å². The van der Waals surface area contributed by atoms with Crippen LogP contribution >= 0.6 is 0 Å². The van der Waals surface area contributed by atoms with Crippen LogP contribution in [0.5, 0.6) is 5.75 Å². The maximum absolute atomic E-state index is 5.22. The summed E-state index contributed by atoms with van der Waals surface area (Å²) in [5.74, 6) is 1.79. The Labute approximate surface area is 194 Å². The zero-order valence-electron chi connectivity index (χ0n) is 18.9. The molecule has 4 aromatic carbocycles. The third-order valence-electron chi connectivity index (χ3n) is 5.95. The Morgan fingerprint density at radius 2 is 1.48 bits per heavy atom. The van der Waals surface area contributed by atoms with Gasteiger partial charge >= 0.3 is 0 Å². The molecule has 0 radical (unpaired) electrons. The molecule has 33 heavy (non-hydrogen) atoms. The van der Waals surface area contributed by atoms with E-state index in [4.69, 9.17) is 9.72 Å². The molecule has 1 heterocycles. The molecule has 0 saturated carbocycles. The van der Waals surface area contributed by atoms with Crippen molar-refractivity contribution in [1.82, 2.24) is 15.3 Å². The summed E-state index contributed by atoms with van der Waals surface area (Å²) in [6.45, 7) is 3.73. The maximum Gasteiger partial charge on any atom is 0.138 e. The summed E-state index contributed by atoms with van der Waals surface area (Å²) < 4.78 is 5.22. The lowest BCUT2D eigenvalue weighted by Gasteiger charge is -2.09. The first kappa shape index (κ1) is 21.0. The average molecular weight is 434 g/mol. The molecular formula is C29H27N3O. The first-order valence-corrected chi connectivity index (χ1v) is 11.2. The molecule has 0 unspecified atom stereocenters. The number of fused-ring (bicyclic) bond motifs is 1. The minimum absolute atomic E-state index is 0.816. The average Bonchev–Trinajstić information content (AvgIpc) is 3.31. The van der Waals surface area contributed by atoms with Gasteiger partial charge in [0, 0.05) is 18.7 Å². The standard InChI is InChI=1S/C29H27N3O/c1-20-5-3-8-27-28(20)32-29(31-27)24-13-11-23(12-14-24)25-7-4-6-22(17-25)19-30-18-21-9-15-26(33-2)16-10-21/h3-17,30H,18-19H2,1-2H3,(H,31,32). The summed E-state index contributed by atoms with van der Waals surface area (Å²) in [7, 11) is 1.69. The fourth-order valence-electron chi connectivity index (χ4n) is 4.09. The Kier molecular flexibility index (Phi) is 5.92. The van der Waals surface area contributed by atoms with Gasteiger partial charge in [0.15, 0.2) is 0 Å². The number of nitrogens with zero attached hydrogens (tertiary/aromatic N) is 1. The lowest BCUT2D eigenvalue weighted by Crippen LogP contribution is -2.12. The molecule has 4 heteroatoms. The van der Waals surface area contributed by atoms with E-state index in [1.165, 1.54) is 27.8 Å². The largest absolute Gasteiger partial charge is 0.497 e. The third-order valence-corrected chi connectivity index (χ3v) is 5.95. The van der Waals surface area contributed by atoms with Crippen LogP contribution in [0.4, 0.5) is 0 Å². The number of benzene rings is 4. The first-order valence-electron chi connectivity index (χ1n) is 11.2. The Bertz CT molecular complexity index is 1370. The molecule has 0 aliphatic rings. The summed E-state index contributed by atoms with van der Waals surface area (Å²) >= 11 is 0. The minimum atomic E-state index is 0.816. The van der Waals surface area contributed by atoms with E-state index in [0.717, 1.165) is 41.3 Å². The molecule has 0 bridgehead atoms. The highest BCUT2D eigenvalue weighted by atomic mass is 16.5. The highest BCUT2D eigenvalue weighted by molar-refractivity contribution is 5.82. The van der Waals surface area contributed by atoms with Crippen molar-refractivity contribution in [2.24, 2.45) is 0 Å². The van der Waals surface area contributed by atoms with Gasteiger partial charge in [-0.1, -0.05) is 66.7 Å². The molecule has 5 rings (SSSR count). The predicted octanol–water partition coefficient (Wildman–Crippen LogP) is 6.50. The zero-order valence-corrected chi connectivity index (χ0v) is 18.9. The van der Waals surface area contributed by atoms with E-state index in [0.29, 0.717) is 0 Å². The van der Waals surface area contributed by atoms with Crippen LogP contribution in [0.1, 0.15) is 16.7 Å². The number of imidazole rings is 1. The van der Waals surface area contributed by atoms with E-state index < -0.39 is 0 Å². The van der Waals surface area contributed by atoms with Crippen molar-refractivity contribution in [3.8, 4) is 28.3 Å². The van der Waals surface area contributed by atoms with Crippen LogP contribution < -0.4 is 10.1 Å². The van der Waals surface area contributed by atoms with E-state index in [2.05, 4.69) is 96.1 Å². The van der Waals surface area contributed by atoms with Gasteiger partial charge in [-0.05, 0) is 59.0 Å². The van der Waals surface area contributed by atoms with Gasteiger partial charge in [0.2, 0.25) is 0 Å². The smallest absolute Gasteiger partial charge is 0.138 e.